The first-order valence-electron chi connectivity index (χ1n) is 7.37. The van der Waals surface area contributed by atoms with E-state index in [0.717, 1.165) is 5.75 Å². The molecule has 1 atom stereocenters. The van der Waals surface area contributed by atoms with Crippen LogP contribution in [0.4, 0.5) is 0 Å². The molecule has 1 unspecified atom stereocenters. The van der Waals surface area contributed by atoms with Gasteiger partial charge in [-0.05, 0) is 68.6 Å². The van der Waals surface area contributed by atoms with Crippen molar-refractivity contribution in [1.29, 1.82) is 0 Å². The Morgan fingerprint density at radius 1 is 0.905 bits per heavy atom. The zero-order chi connectivity index (χ0) is 15.6. The number of hydrogen-bond donors (Lipinski definition) is 1. The molecule has 2 aromatic carbocycles. The Hall–Kier alpha value is -1.80. The third-order valence-electron chi connectivity index (χ3n) is 4.15. The molecule has 0 fully saturated rings. The minimum absolute atomic E-state index is 0.139. The Morgan fingerprint density at radius 3 is 2.19 bits per heavy atom. The molecule has 0 bridgehead atoms. The largest absolute Gasteiger partial charge is 0.496 e. The van der Waals surface area contributed by atoms with Crippen LogP contribution in [0, 0.1) is 27.7 Å². The highest BCUT2D eigenvalue weighted by Crippen LogP contribution is 2.34. The van der Waals surface area contributed by atoms with E-state index in [4.69, 9.17) is 4.74 Å². The van der Waals surface area contributed by atoms with Gasteiger partial charge in [-0.2, -0.15) is 0 Å². The molecular formula is C19H25NO. The first-order valence-corrected chi connectivity index (χ1v) is 7.37. The van der Waals surface area contributed by atoms with E-state index in [1.165, 1.54) is 33.4 Å². The lowest BCUT2D eigenvalue weighted by atomic mass is 9.91. The summed E-state index contributed by atoms with van der Waals surface area (Å²) < 4.78 is 5.63. The summed E-state index contributed by atoms with van der Waals surface area (Å²) in [5, 5.41) is 3.44. The quantitative estimate of drug-likeness (QED) is 0.906. The highest BCUT2D eigenvalue weighted by Gasteiger charge is 2.19. The number of rotatable bonds is 4. The fourth-order valence-corrected chi connectivity index (χ4v) is 2.90. The third-order valence-corrected chi connectivity index (χ3v) is 4.15. The first-order chi connectivity index (χ1) is 9.97. The number of benzene rings is 2. The van der Waals surface area contributed by atoms with Crippen molar-refractivity contribution in [3.8, 4) is 5.75 Å². The highest BCUT2D eigenvalue weighted by molar-refractivity contribution is 5.49. The van der Waals surface area contributed by atoms with Crippen molar-refractivity contribution >= 4 is 0 Å². The van der Waals surface area contributed by atoms with Gasteiger partial charge in [0.1, 0.15) is 5.75 Å². The molecule has 2 rings (SSSR count). The van der Waals surface area contributed by atoms with Crippen molar-refractivity contribution in [2.24, 2.45) is 0 Å². The van der Waals surface area contributed by atoms with Gasteiger partial charge in [-0.25, -0.2) is 0 Å². The average Bonchev–Trinajstić information content (AvgIpc) is 2.45. The van der Waals surface area contributed by atoms with Gasteiger partial charge >= 0.3 is 0 Å². The van der Waals surface area contributed by atoms with Crippen LogP contribution in [0.25, 0.3) is 0 Å². The SMILES string of the molecule is CNC(c1ccc(C)c(C)c1)c1c(C)cc(C)cc1OC. The smallest absolute Gasteiger partial charge is 0.124 e. The van der Waals surface area contributed by atoms with Crippen molar-refractivity contribution in [1.82, 2.24) is 5.32 Å². The lowest BCUT2D eigenvalue weighted by molar-refractivity contribution is 0.404. The molecule has 2 heteroatoms. The minimum Gasteiger partial charge on any atom is -0.496 e. The molecule has 0 saturated carbocycles. The Balaban J connectivity index is 2.58. The highest BCUT2D eigenvalue weighted by atomic mass is 16.5. The summed E-state index contributed by atoms with van der Waals surface area (Å²) in [7, 11) is 3.74. The predicted octanol–water partition coefficient (Wildman–Crippen LogP) is 4.24. The Morgan fingerprint density at radius 2 is 1.62 bits per heavy atom. The van der Waals surface area contributed by atoms with Gasteiger partial charge in [0, 0.05) is 5.56 Å². The van der Waals surface area contributed by atoms with Crippen LogP contribution in [0.5, 0.6) is 5.75 Å². The number of hydrogen-bond acceptors (Lipinski definition) is 2. The van der Waals surface area contributed by atoms with E-state index >= 15 is 0 Å². The summed E-state index contributed by atoms with van der Waals surface area (Å²) >= 11 is 0. The fourth-order valence-electron chi connectivity index (χ4n) is 2.90. The van der Waals surface area contributed by atoms with Crippen molar-refractivity contribution in [2.75, 3.05) is 14.2 Å². The van der Waals surface area contributed by atoms with Gasteiger partial charge in [0.25, 0.3) is 0 Å². The molecule has 0 heterocycles. The maximum Gasteiger partial charge on any atom is 0.124 e. The summed E-state index contributed by atoms with van der Waals surface area (Å²) in [6.07, 6.45) is 0. The van der Waals surface area contributed by atoms with Crippen LogP contribution in [-0.4, -0.2) is 14.2 Å². The van der Waals surface area contributed by atoms with Crippen molar-refractivity contribution in [3.05, 3.63) is 63.7 Å². The fraction of sp³-hybridized carbons (Fsp3) is 0.368. The Labute approximate surface area is 128 Å². The monoisotopic (exact) mass is 283 g/mol. The molecule has 2 aromatic rings. The molecule has 0 aliphatic rings. The molecule has 0 aliphatic heterocycles. The van der Waals surface area contributed by atoms with Gasteiger partial charge in [-0.1, -0.05) is 24.3 Å². The van der Waals surface area contributed by atoms with Crippen LogP contribution in [0.15, 0.2) is 30.3 Å². The van der Waals surface area contributed by atoms with Crippen LogP contribution < -0.4 is 10.1 Å². The Kier molecular flexibility index (Phi) is 4.69. The zero-order valence-electron chi connectivity index (χ0n) is 13.9. The van der Waals surface area contributed by atoms with E-state index in [1.807, 2.05) is 7.05 Å². The molecule has 21 heavy (non-hydrogen) atoms. The normalized spacial score (nSPS) is 12.3. The minimum atomic E-state index is 0.139. The van der Waals surface area contributed by atoms with E-state index in [9.17, 15) is 0 Å². The standard InChI is InChI=1S/C19H25NO/c1-12-9-15(4)18(17(10-12)21-6)19(20-5)16-8-7-13(2)14(3)11-16/h7-11,19-20H,1-6H3. The molecular weight excluding hydrogens is 258 g/mol. The maximum absolute atomic E-state index is 5.63. The molecule has 2 nitrogen and oxygen atoms in total. The van der Waals surface area contributed by atoms with E-state index in [2.05, 4.69) is 63.3 Å². The molecule has 0 aliphatic carbocycles. The van der Waals surface area contributed by atoms with Gasteiger partial charge in [0.15, 0.2) is 0 Å². The van der Waals surface area contributed by atoms with Crippen LogP contribution in [0.1, 0.15) is 39.4 Å². The second-order valence-electron chi connectivity index (χ2n) is 5.76. The number of nitrogens with one attached hydrogen (secondary N) is 1. The predicted molar refractivity (Wildman–Crippen MR) is 89.3 cm³/mol. The molecule has 0 aromatic heterocycles. The van der Waals surface area contributed by atoms with E-state index in [1.54, 1.807) is 7.11 Å². The first kappa shape index (κ1) is 15.6. The third kappa shape index (κ3) is 3.11. The van der Waals surface area contributed by atoms with E-state index in [0.29, 0.717) is 0 Å². The second-order valence-corrected chi connectivity index (χ2v) is 5.76. The van der Waals surface area contributed by atoms with Crippen molar-refractivity contribution < 1.29 is 4.74 Å². The van der Waals surface area contributed by atoms with Gasteiger partial charge in [0.05, 0.1) is 13.2 Å². The summed E-state index contributed by atoms with van der Waals surface area (Å²) in [4.78, 5) is 0. The van der Waals surface area contributed by atoms with E-state index < -0.39 is 0 Å². The number of aryl methyl sites for hydroxylation is 4. The van der Waals surface area contributed by atoms with E-state index in [-0.39, 0.29) is 6.04 Å². The molecule has 1 N–H and O–H groups in total. The second kappa shape index (κ2) is 6.31. The molecule has 0 spiro atoms. The molecule has 0 saturated heterocycles. The van der Waals surface area contributed by atoms with Gasteiger partial charge < -0.3 is 10.1 Å². The molecule has 0 radical (unpaired) electrons. The van der Waals surface area contributed by atoms with Gasteiger partial charge in [0.2, 0.25) is 0 Å². The van der Waals surface area contributed by atoms with Crippen LogP contribution in [0.2, 0.25) is 0 Å². The molecule has 112 valence electrons. The summed E-state index contributed by atoms with van der Waals surface area (Å²) in [6.45, 7) is 8.55. The molecule has 0 amide bonds. The van der Waals surface area contributed by atoms with Crippen molar-refractivity contribution in [3.63, 3.8) is 0 Å². The van der Waals surface area contributed by atoms with Crippen LogP contribution in [0.3, 0.4) is 0 Å². The summed E-state index contributed by atoms with van der Waals surface area (Å²) in [5.74, 6) is 0.949. The zero-order valence-corrected chi connectivity index (χ0v) is 13.9. The summed E-state index contributed by atoms with van der Waals surface area (Å²) in [6, 6.07) is 11.1. The lowest BCUT2D eigenvalue weighted by Gasteiger charge is -2.23. The van der Waals surface area contributed by atoms with Crippen molar-refractivity contribution in [2.45, 2.75) is 33.7 Å². The van der Waals surface area contributed by atoms with Gasteiger partial charge in [-0.3, -0.25) is 0 Å². The number of ether oxygens (including phenoxy) is 1. The number of methoxy groups -OCH3 is 1. The Bertz CT molecular complexity index is 646. The average molecular weight is 283 g/mol. The van der Waals surface area contributed by atoms with Crippen LogP contribution >= 0.6 is 0 Å². The lowest BCUT2D eigenvalue weighted by Crippen LogP contribution is -2.20. The topological polar surface area (TPSA) is 21.3 Å². The van der Waals surface area contributed by atoms with Gasteiger partial charge in [-0.15, -0.1) is 0 Å². The maximum atomic E-state index is 5.63. The van der Waals surface area contributed by atoms with Crippen LogP contribution in [-0.2, 0) is 0 Å². The summed E-state index contributed by atoms with van der Waals surface area (Å²) in [5.41, 5.74) is 7.60.